The molecule has 11 nitrogen and oxygen atoms in total. The van der Waals surface area contributed by atoms with E-state index in [1.165, 1.54) is 12.1 Å². The first-order chi connectivity index (χ1) is 22.4. The molecule has 2 atom stereocenters. The maximum atomic E-state index is 13.4. The van der Waals surface area contributed by atoms with Crippen LogP contribution in [0.4, 0.5) is 15.9 Å². The third-order valence-corrected chi connectivity index (χ3v) is 8.79. The van der Waals surface area contributed by atoms with Crippen LogP contribution in [0.3, 0.4) is 0 Å². The van der Waals surface area contributed by atoms with Crippen LogP contribution >= 0.6 is 0 Å². The first kappa shape index (κ1) is 29.5. The lowest BCUT2D eigenvalue weighted by atomic mass is 10.1. The summed E-state index contributed by atoms with van der Waals surface area (Å²) >= 11 is 0. The highest BCUT2D eigenvalue weighted by Crippen LogP contribution is 2.29. The topological polar surface area (TPSA) is 123 Å². The van der Waals surface area contributed by atoms with Gasteiger partial charge >= 0.3 is 0 Å². The molecule has 2 N–H and O–H groups in total. The number of likely N-dealkylation sites (tertiary alicyclic amines) is 1. The molecule has 2 saturated heterocycles. The number of aromatic nitrogens is 5. The van der Waals surface area contributed by atoms with Crippen LogP contribution in [0.25, 0.3) is 33.5 Å². The highest BCUT2D eigenvalue weighted by molar-refractivity contribution is 5.98. The number of amides is 2. The number of piperazine rings is 1. The van der Waals surface area contributed by atoms with E-state index >= 15 is 0 Å². The maximum Gasteiger partial charge on any atom is 0.237 e. The summed E-state index contributed by atoms with van der Waals surface area (Å²) in [4.78, 5) is 45.9. The smallest absolute Gasteiger partial charge is 0.237 e. The maximum absolute atomic E-state index is 13.4. The number of benzene rings is 2. The van der Waals surface area contributed by atoms with Crippen molar-refractivity contribution in [3.05, 3.63) is 85.1 Å². The zero-order chi connectivity index (χ0) is 31.6. The predicted molar refractivity (Wildman–Crippen MR) is 173 cm³/mol. The number of nitrogens with zero attached hydrogens (tertiary/aromatic N) is 7. The standard InChI is InChI=1S/C34H34FN9O2/c1-22-19-43(30-10-5-24(18-38-30)33-36-12-2-13-37-33)15-16-44(22)31(45)21-42-14-11-25(20-42)34(46)39-27-8-9-28-29(17-27)40-41-32(28)23-3-6-26(35)7-4-23/h2-10,12-13,17-18,22,25H,11,14-16,19-21H2,1H3,(H,39,46)(H,40,41)/t22-,25?/m1/s1. The fourth-order valence-electron chi connectivity index (χ4n) is 6.33. The van der Waals surface area contributed by atoms with Crippen molar-refractivity contribution >= 4 is 34.2 Å². The van der Waals surface area contributed by atoms with Crippen molar-refractivity contribution < 1.29 is 14.0 Å². The van der Waals surface area contributed by atoms with Crippen molar-refractivity contribution in [3.8, 4) is 22.6 Å². The van der Waals surface area contributed by atoms with Gasteiger partial charge in [0.15, 0.2) is 5.82 Å². The Hall–Kier alpha value is -5.23. The van der Waals surface area contributed by atoms with Gasteiger partial charge in [0.25, 0.3) is 0 Å². The Morgan fingerprint density at radius 3 is 2.52 bits per heavy atom. The van der Waals surface area contributed by atoms with Gasteiger partial charge in [-0.15, -0.1) is 0 Å². The van der Waals surface area contributed by atoms with Gasteiger partial charge in [0.1, 0.15) is 11.6 Å². The molecule has 2 aliphatic heterocycles. The van der Waals surface area contributed by atoms with E-state index in [2.05, 4.69) is 47.2 Å². The third-order valence-electron chi connectivity index (χ3n) is 8.79. The molecule has 5 aromatic rings. The molecule has 0 bridgehead atoms. The Bertz CT molecular complexity index is 1850. The highest BCUT2D eigenvalue weighted by atomic mass is 19.1. The number of carbonyl (C=O) groups is 2. The molecule has 1 unspecified atom stereocenters. The summed E-state index contributed by atoms with van der Waals surface area (Å²) in [6.07, 6.45) is 5.90. The number of rotatable bonds is 7. The van der Waals surface area contributed by atoms with Gasteiger partial charge in [-0.1, -0.05) is 0 Å². The molecule has 7 rings (SSSR count). The number of hydrogen-bond acceptors (Lipinski definition) is 8. The quantitative estimate of drug-likeness (QED) is 0.278. The number of halogens is 1. The summed E-state index contributed by atoms with van der Waals surface area (Å²) in [5.41, 5.74) is 3.84. The number of carbonyl (C=O) groups excluding carboxylic acids is 2. The minimum atomic E-state index is -0.299. The van der Waals surface area contributed by atoms with Crippen molar-refractivity contribution in [1.82, 2.24) is 34.9 Å². The Morgan fingerprint density at radius 2 is 1.76 bits per heavy atom. The molecule has 0 saturated carbocycles. The van der Waals surface area contributed by atoms with Gasteiger partial charge in [0.05, 0.1) is 23.7 Å². The second-order valence-electron chi connectivity index (χ2n) is 11.9. The van der Waals surface area contributed by atoms with Crippen molar-refractivity contribution in [1.29, 1.82) is 0 Å². The largest absolute Gasteiger partial charge is 0.353 e. The molecule has 5 heterocycles. The van der Waals surface area contributed by atoms with Crippen molar-refractivity contribution in [2.75, 3.05) is 49.5 Å². The summed E-state index contributed by atoms with van der Waals surface area (Å²) in [6.45, 7) is 5.59. The minimum Gasteiger partial charge on any atom is -0.353 e. The first-order valence-electron chi connectivity index (χ1n) is 15.5. The van der Waals surface area contributed by atoms with E-state index in [-0.39, 0.29) is 29.6 Å². The van der Waals surface area contributed by atoms with E-state index in [0.29, 0.717) is 57.2 Å². The molecule has 0 spiro atoms. The van der Waals surface area contributed by atoms with Crippen LogP contribution in [0.2, 0.25) is 0 Å². The monoisotopic (exact) mass is 619 g/mol. The highest BCUT2D eigenvalue weighted by Gasteiger charge is 2.33. The Balaban J connectivity index is 0.903. The molecule has 0 aliphatic carbocycles. The normalized spacial score (nSPS) is 18.7. The number of fused-ring (bicyclic) bond motifs is 1. The lowest BCUT2D eigenvalue weighted by Gasteiger charge is -2.41. The summed E-state index contributed by atoms with van der Waals surface area (Å²) in [6, 6.07) is 17.6. The molecule has 0 radical (unpaired) electrons. The summed E-state index contributed by atoms with van der Waals surface area (Å²) in [5.74, 6) is 1.02. The molecule has 2 fully saturated rings. The van der Waals surface area contributed by atoms with Crippen LogP contribution in [0.1, 0.15) is 13.3 Å². The van der Waals surface area contributed by atoms with Crippen LogP contribution in [0.5, 0.6) is 0 Å². The zero-order valence-electron chi connectivity index (χ0n) is 25.4. The number of pyridine rings is 1. The number of H-pyrrole nitrogens is 1. The Kier molecular flexibility index (Phi) is 8.10. The average molecular weight is 620 g/mol. The average Bonchev–Trinajstić information content (AvgIpc) is 3.73. The van der Waals surface area contributed by atoms with Gasteiger partial charge in [-0.25, -0.2) is 19.3 Å². The number of aromatic amines is 1. The second kappa shape index (κ2) is 12.6. The van der Waals surface area contributed by atoms with Crippen LogP contribution in [0.15, 0.2) is 79.3 Å². The molecule has 2 aromatic carbocycles. The van der Waals surface area contributed by atoms with E-state index in [1.807, 2.05) is 35.2 Å². The first-order valence-corrected chi connectivity index (χ1v) is 15.5. The number of hydrogen-bond donors (Lipinski definition) is 2. The van der Waals surface area contributed by atoms with Crippen LogP contribution in [0, 0.1) is 11.7 Å². The number of nitrogens with one attached hydrogen (secondary N) is 2. The fraction of sp³-hybridized carbons (Fsp3) is 0.294. The lowest BCUT2D eigenvalue weighted by Crippen LogP contribution is -2.56. The van der Waals surface area contributed by atoms with E-state index < -0.39 is 0 Å². The zero-order valence-corrected chi connectivity index (χ0v) is 25.4. The molecule has 12 heteroatoms. The van der Waals surface area contributed by atoms with Crippen molar-refractivity contribution in [2.24, 2.45) is 5.92 Å². The van der Waals surface area contributed by atoms with E-state index in [9.17, 15) is 14.0 Å². The van der Waals surface area contributed by atoms with Crippen LogP contribution in [-0.4, -0.2) is 92.1 Å². The van der Waals surface area contributed by atoms with Gasteiger partial charge in [-0.3, -0.25) is 19.6 Å². The molecular weight excluding hydrogens is 585 g/mol. The summed E-state index contributed by atoms with van der Waals surface area (Å²) < 4.78 is 13.4. The van der Waals surface area contributed by atoms with Gasteiger partial charge < -0.3 is 15.1 Å². The molecular formula is C34H34FN9O2. The molecule has 234 valence electrons. The van der Waals surface area contributed by atoms with Gasteiger partial charge in [0, 0.05) is 73.0 Å². The Labute approximate surface area is 265 Å². The fourth-order valence-corrected chi connectivity index (χ4v) is 6.33. The van der Waals surface area contributed by atoms with Crippen molar-refractivity contribution in [2.45, 2.75) is 19.4 Å². The van der Waals surface area contributed by atoms with Crippen LogP contribution in [-0.2, 0) is 9.59 Å². The lowest BCUT2D eigenvalue weighted by molar-refractivity contribution is -0.134. The minimum absolute atomic E-state index is 0.0304. The van der Waals surface area contributed by atoms with Crippen LogP contribution < -0.4 is 10.2 Å². The van der Waals surface area contributed by atoms with E-state index in [4.69, 9.17) is 0 Å². The SMILES string of the molecule is C[C@@H]1CN(c2ccc(-c3ncccn3)cn2)CCN1C(=O)CN1CCC(C(=O)Nc2ccc3c(-c4ccc(F)cc4)n[nH]c3c2)C1. The molecule has 3 aromatic heterocycles. The second-order valence-corrected chi connectivity index (χ2v) is 11.9. The number of anilines is 2. The molecule has 2 amide bonds. The van der Waals surface area contributed by atoms with Gasteiger partial charge in [-0.2, -0.15) is 5.10 Å². The van der Waals surface area contributed by atoms with E-state index in [0.717, 1.165) is 33.5 Å². The van der Waals surface area contributed by atoms with Gasteiger partial charge in [-0.05, 0) is 80.6 Å². The molecule has 2 aliphatic rings. The van der Waals surface area contributed by atoms with Crippen molar-refractivity contribution in [3.63, 3.8) is 0 Å². The molecule has 46 heavy (non-hydrogen) atoms. The van der Waals surface area contributed by atoms with Gasteiger partial charge in [0.2, 0.25) is 11.8 Å². The Morgan fingerprint density at radius 1 is 0.957 bits per heavy atom. The summed E-state index contributed by atoms with van der Waals surface area (Å²) in [7, 11) is 0. The predicted octanol–water partition coefficient (Wildman–Crippen LogP) is 4.22. The van der Waals surface area contributed by atoms with E-state index in [1.54, 1.807) is 36.8 Å². The summed E-state index contributed by atoms with van der Waals surface area (Å²) in [5, 5.41) is 11.3. The third kappa shape index (κ3) is 6.16.